The molecule has 1 unspecified atom stereocenters. The normalized spacial score (nSPS) is 12.0. The van der Waals surface area contributed by atoms with Crippen molar-refractivity contribution in [3.63, 3.8) is 0 Å². The second-order valence-corrected chi connectivity index (χ2v) is 4.37. The number of hydrogen-bond donors (Lipinski definition) is 0. The molecule has 5 heteroatoms. The first-order valence-electron chi connectivity index (χ1n) is 3.38. The standard InChI is InChI=1S/C8H9BrO2S.Na/c1-5-4-8(12(10)11)6(2)3-7(5)9;/h3-4H,1-2H3,(H,10,11);/q;+1/p-1. The van der Waals surface area contributed by atoms with Crippen molar-refractivity contribution in [1.29, 1.82) is 0 Å². The van der Waals surface area contributed by atoms with Gasteiger partial charge in [-0.3, -0.25) is 4.21 Å². The Morgan fingerprint density at radius 3 is 2.31 bits per heavy atom. The summed E-state index contributed by atoms with van der Waals surface area (Å²) in [6.07, 6.45) is 0. The van der Waals surface area contributed by atoms with Gasteiger partial charge in [0.15, 0.2) is 0 Å². The van der Waals surface area contributed by atoms with Crippen LogP contribution in [0.3, 0.4) is 0 Å². The maximum absolute atomic E-state index is 10.7. The van der Waals surface area contributed by atoms with Crippen molar-refractivity contribution in [2.45, 2.75) is 18.7 Å². The smallest absolute Gasteiger partial charge is 0.768 e. The zero-order valence-electron chi connectivity index (χ0n) is 7.76. The van der Waals surface area contributed by atoms with Crippen LogP contribution >= 0.6 is 15.9 Å². The fraction of sp³-hybridized carbons (Fsp3) is 0.250. The fourth-order valence-corrected chi connectivity index (χ4v) is 1.99. The van der Waals surface area contributed by atoms with Crippen molar-refractivity contribution >= 4 is 27.0 Å². The molecule has 0 saturated carbocycles. The van der Waals surface area contributed by atoms with Crippen LogP contribution in [0, 0.1) is 13.8 Å². The number of aryl methyl sites for hydroxylation is 2. The second-order valence-electron chi connectivity index (χ2n) is 2.60. The quantitative estimate of drug-likeness (QED) is 0.501. The maximum Gasteiger partial charge on any atom is 1.00 e. The molecule has 0 fully saturated rings. The van der Waals surface area contributed by atoms with Crippen LogP contribution in [0.1, 0.15) is 11.1 Å². The van der Waals surface area contributed by atoms with Crippen molar-refractivity contribution in [1.82, 2.24) is 0 Å². The summed E-state index contributed by atoms with van der Waals surface area (Å²) in [5.41, 5.74) is 1.70. The van der Waals surface area contributed by atoms with E-state index in [4.69, 9.17) is 0 Å². The number of halogens is 1. The molecule has 0 bridgehead atoms. The number of benzene rings is 1. The third kappa shape index (κ3) is 3.46. The first kappa shape index (κ1) is 13.8. The van der Waals surface area contributed by atoms with Crippen LogP contribution in [0.2, 0.25) is 0 Å². The topological polar surface area (TPSA) is 40.1 Å². The molecule has 13 heavy (non-hydrogen) atoms. The maximum atomic E-state index is 10.7. The summed E-state index contributed by atoms with van der Waals surface area (Å²) in [6, 6.07) is 3.46. The molecular weight excluding hydrogens is 263 g/mol. The van der Waals surface area contributed by atoms with Gasteiger partial charge < -0.3 is 4.55 Å². The van der Waals surface area contributed by atoms with Gasteiger partial charge in [-0.1, -0.05) is 15.9 Å². The minimum Gasteiger partial charge on any atom is -0.768 e. The van der Waals surface area contributed by atoms with E-state index in [-0.39, 0.29) is 29.6 Å². The minimum atomic E-state index is -2.13. The molecule has 0 aliphatic carbocycles. The monoisotopic (exact) mass is 270 g/mol. The molecule has 0 aliphatic heterocycles. The summed E-state index contributed by atoms with van der Waals surface area (Å²) >= 11 is 1.20. The zero-order chi connectivity index (χ0) is 9.30. The molecule has 0 spiro atoms. The fourth-order valence-electron chi connectivity index (χ4n) is 0.934. The van der Waals surface area contributed by atoms with E-state index >= 15 is 0 Å². The third-order valence-corrected chi connectivity index (χ3v) is 3.29. The second kappa shape index (κ2) is 5.63. The summed E-state index contributed by atoms with van der Waals surface area (Å²) in [7, 11) is 0. The van der Waals surface area contributed by atoms with E-state index in [1.165, 1.54) is 0 Å². The van der Waals surface area contributed by atoms with Gasteiger partial charge in [0, 0.05) is 9.37 Å². The molecule has 0 radical (unpaired) electrons. The van der Waals surface area contributed by atoms with Crippen molar-refractivity contribution in [2.24, 2.45) is 0 Å². The zero-order valence-corrected chi connectivity index (χ0v) is 12.2. The van der Waals surface area contributed by atoms with E-state index < -0.39 is 11.1 Å². The summed E-state index contributed by atoms with van der Waals surface area (Å²) in [5, 5.41) is 0. The minimum absolute atomic E-state index is 0. The molecule has 0 N–H and O–H groups in total. The van der Waals surface area contributed by atoms with Crippen molar-refractivity contribution in [3.8, 4) is 0 Å². The summed E-state index contributed by atoms with van der Waals surface area (Å²) in [5.74, 6) is 0. The van der Waals surface area contributed by atoms with Gasteiger partial charge in [-0.25, -0.2) is 0 Å². The Hall–Kier alpha value is 0.810. The first-order valence-corrected chi connectivity index (χ1v) is 5.25. The molecule has 1 atom stereocenters. The Kier molecular flexibility index (Phi) is 5.98. The van der Waals surface area contributed by atoms with E-state index in [1.54, 1.807) is 19.1 Å². The van der Waals surface area contributed by atoms with Crippen LogP contribution in [0.4, 0.5) is 0 Å². The van der Waals surface area contributed by atoms with Gasteiger partial charge >= 0.3 is 29.6 Å². The Balaban J connectivity index is 0.00000144. The van der Waals surface area contributed by atoms with E-state index in [1.807, 2.05) is 6.92 Å². The van der Waals surface area contributed by atoms with Gasteiger partial charge in [-0.2, -0.15) is 0 Å². The molecule has 0 aliphatic rings. The summed E-state index contributed by atoms with van der Waals surface area (Å²) in [4.78, 5) is 0.371. The SMILES string of the molecule is Cc1cc(S(=O)[O-])c(C)cc1Br.[Na+]. The van der Waals surface area contributed by atoms with Crippen molar-refractivity contribution in [3.05, 3.63) is 27.7 Å². The van der Waals surface area contributed by atoms with Gasteiger partial charge in [0.25, 0.3) is 0 Å². The molecule has 2 nitrogen and oxygen atoms in total. The Labute approximate surface area is 111 Å². The van der Waals surface area contributed by atoms with Crippen LogP contribution in [-0.2, 0) is 11.1 Å². The van der Waals surface area contributed by atoms with Crippen LogP contribution in [-0.4, -0.2) is 8.76 Å². The van der Waals surface area contributed by atoms with Crippen LogP contribution in [0.15, 0.2) is 21.5 Å². The molecular formula is C8H8BrNaO2S. The molecule has 66 valence electrons. The van der Waals surface area contributed by atoms with Crippen LogP contribution < -0.4 is 29.6 Å². The average molecular weight is 271 g/mol. The molecule has 0 amide bonds. The molecule has 1 rings (SSSR count). The average Bonchev–Trinajstić information content (AvgIpc) is 1.96. The molecule has 0 saturated heterocycles. The predicted molar refractivity (Wildman–Crippen MR) is 50.8 cm³/mol. The van der Waals surface area contributed by atoms with E-state index in [0.29, 0.717) is 4.90 Å². The van der Waals surface area contributed by atoms with E-state index in [9.17, 15) is 8.76 Å². The summed E-state index contributed by atoms with van der Waals surface area (Å²) < 4.78 is 22.3. The van der Waals surface area contributed by atoms with E-state index in [2.05, 4.69) is 15.9 Å². The molecule has 1 aromatic rings. The van der Waals surface area contributed by atoms with Gasteiger partial charge in [-0.05, 0) is 48.2 Å². The number of hydrogen-bond acceptors (Lipinski definition) is 2. The van der Waals surface area contributed by atoms with Crippen molar-refractivity contribution < 1.29 is 38.3 Å². The van der Waals surface area contributed by atoms with Crippen molar-refractivity contribution in [2.75, 3.05) is 0 Å². The van der Waals surface area contributed by atoms with Gasteiger partial charge in [0.05, 0.1) is 0 Å². The van der Waals surface area contributed by atoms with Gasteiger partial charge in [0.1, 0.15) is 0 Å². The molecule has 0 heterocycles. The number of rotatable bonds is 1. The third-order valence-electron chi connectivity index (χ3n) is 1.64. The van der Waals surface area contributed by atoms with Crippen LogP contribution in [0.25, 0.3) is 0 Å². The van der Waals surface area contributed by atoms with E-state index in [0.717, 1.165) is 15.6 Å². The Morgan fingerprint density at radius 1 is 1.31 bits per heavy atom. The van der Waals surface area contributed by atoms with Gasteiger partial charge in [-0.15, -0.1) is 0 Å². The predicted octanol–water partition coefficient (Wildman–Crippen LogP) is -0.692. The van der Waals surface area contributed by atoms with Crippen LogP contribution in [0.5, 0.6) is 0 Å². The first-order chi connectivity index (χ1) is 5.52. The Morgan fingerprint density at radius 2 is 1.85 bits per heavy atom. The molecule has 0 aromatic heterocycles. The Bertz CT molecular complexity index is 341. The van der Waals surface area contributed by atoms with Gasteiger partial charge in [0.2, 0.25) is 0 Å². The summed E-state index contributed by atoms with van der Waals surface area (Å²) in [6.45, 7) is 3.63. The molecule has 1 aromatic carbocycles. The largest absolute Gasteiger partial charge is 1.00 e.